The Morgan fingerprint density at radius 2 is 1.23 bits per heavy atom. The van der Waals surface area contributed by atoms with Gasteiger partial charge in [0.1, 0.15) is 5.82 Å². The zero-order valence-corrected chi connectivity index (χ0v) is 19.9. The molecule has 0 saturated carbocycles. The van der Waals surface area contributed by atoms with Crippen LogP contribution in [-0.4, -0.2) is 28.7 Å². The maximum absolute atomic E-state index is 11.8. The zero-order chi connectivity index (χ0) is 21.7. The predicted octanol–water partition coefficient (Wildman–Crippen LogP) is 6.75. The number of aromatic nitrogens is 2. The van der Waals surface area contributed by atoms with Crippen molar-refractivity contribution in [1.29, 1.82) is 0 Å². The lowest BCUT2D eigenvalue weighted by Gasteiger charge is -2.09. The molecule has 0 aliphatic rings. The maximum Gasteiger partial charge on any atom is 0.314 e. The third kappa shape index (κ3) is 15.3. The number of nitrogens with one attached hydrogen (secondary N) is 2. The summed E-state index contributed by atoms with van der Waals surface area (Å²) in [6, 6.07) is -0.0614. The van der Waals surface area contributed by atoms with Gasteiger partial charge < -0.3 is 15.2 Å². The van der Waals surface area contributed by atoms with Gasteiger partial charge in [0.25, 0.3) is 0 Å². The quantitative estimate of drug-likeness (QED) is 0.229. The minimum Gasteiger partial charge on any atom is -0.338 e. The van der Waals surface area contributed by atoms with Gasteiger partial charge in [-0.25, -0.2) is 9.78 Å². The summed E-state index contributed by atoms with van der Waals surface area (Å²) in [5.74, 6) is 0.977. The van der Waals surface area contributed by atoms with E-state index < -0.39 is 0 Å². The molecule has 0 spiro atoms. The Labute approximate surface area is 185 Å². The third-order valence-electron chi connectivity index (χ3n) is 5.88. The Hall–Kier alpha value is -1.52. The summed E-state index contributed by atoms with van der Waals surface area (Å²) in [5.41, 5.74) is 0. The van der Waals surface area contributed by atoms with Crippen LogP contribution in [0.15, 0.2) is 12.4 Å². The average Bonchev–Trinajstić information content (AvgIpc) is 3.15. The lowest BCUT2D eigenvalue weighted by molar-refractivity contribution is 0.240. The molecule has 0 radical (unpaired) electrons. The summed E-state index contributed by atoms with van der Waals surface area (Å²) < 4.78 is 2.04. The van der Waals surface area contributed by atoms with Crippen LogP contribution in [0.3, 0.4) is 0 Å². The van der Waals surface area contributed by atoms with E-state index in [9.17, 15) is 4.79 Å². The Balaban J connectivity index is 1.74. The first kappa shape index (κ1) is 26.5. The molecule has 30 heavy (non-hydrogen) atoms. The SMILES string of the molecule is CCCCCCCCCCCCCCCCCCNC(=O)NCCn1ccnc1C. The molecule has 5 nitrogen and oxygen atoms in total. The first-order valence-corrected chi connectivity index (χ1v) is 12.7. The van der Waals surface area contributed by atoms with Gasteiger partial charge >= 0.3 is 6.03 Å². The van der Waals surface area contributed by atoms with E-state index in [1.807, 2.05) is 17.7 Å². The second-order valence-corrected chi connectivity index (χ2v) is 8.65. The van der Waals surface area contributed by atoms with Gasteiger partial charge in [-0.3, -0.25) is 0 Å². The van der Waals surface area contributed by atoms with Gasteiger partial charge in [0.15, 0.2) is 0 Å². The number of urea groups is 1. The van der Waals surface area contributed by atoms with Crippen molar-refractivity contribution < 1.29 is 4.79 Å². The highest BCUT2D eigenvalue weighted by atomic mass is 16.2. The number of imidazole rings is 1. The van der Waals surface area contributed by atoms with Gasteiger partial charge in [0.05, 0.1) is 0 Å². The van der Waals surface area contributed by atoms with Gasteiger partial charge in [0.2, 0.25) is 0 Å². The van der Waals surface area contributed by atoms with E-state index in [0.717, 1.165) is 25.3 Å². The van der Waals surface area contributed by atoms with Crippen molar-refractivity contribution in [2.45, 2.75) is 123 Å². The number of nitrogens with zero attached hydrogens (tertiary/aromatic N) is 2. The minimum absolute atomic E-state index is 0.0614. The first-order valence-electron chi connectivity index (χ1n) is 12.7. The van der Waals surface area contributed by atoms with Crippen LogP contribution in [0.2, 0.25) is 0 Å². The van der Waals surface area contributed by atoms with E-state index in [-0.39, 0.29) is 6.03 Å². The largest absolute Gasteiger partial charge is 0.338 e. The van der Waals surface area contributed by atoms with Crippen LogP contribution in [0.1, 0.15) is 115 Å². The molecule has 1 rings (SSSR count). The van der Waals surface area contributed by atoms with Crippen LogP contribution >= 0.6 is 0 Å². The van der Waals surface area contributed by atoms with Crippen molar-refractivity contribution in [3.8, 4) is 0 Å². The molecule has 5 heteroatoms. The molecular formula is C25H48N4O. The van der Waals surface area contributed by atoms with Gasteiger partial charge in [-0.05, 0) is 13.3 Å². The third-order valence-corrected chi connectivity index (χ3v) is 5.88. The smallest absolute Gasteiger partial charge is 0.314 e. The average molecular weight is 421 g/mol. The van der Waals surface area contributed by atoms with Crippen molar-refractivity contribution in [2.75, 3.05) is 13.1 Å². The lowest BCUT2D eigenvalue weighted by Crippen LogP contribution is -2.37. The summed E-state index contributed by atoms with van der Waals surface area (Å²) in [6.07, 6.45) is 25.7. The van der Waals surface area contributed by atoms with E-state index in [1.54, 1.807) is 6.20 Å². The Morgan fingerprint density at radius 3 is 1.70 bits per heavy atom. The van der Waals surface area contributed by atoms with Crippen LogP contribution in [-0.2, 0) is 6.54 Å². The van der Waals surface area contributed by atoms with Crippen LogP contribution in [0.4, 0.5) is 4.79 Å². The van der Waals surface area contributed by atoms with Crippen LogP contribution in [0, 0.1) is 6.92 Å². The molecule has 174 valence electrons. The lowest BCUT2D eigenvalue weighted by atomic mass is 10.0. The maximum atomic E-state index is 11.8. The first-order chi connectivity index (χ1) is 14.7. The van der Waals surface area contributed by atoms with Crippen molar-refractivity contribution in [3.05, 3.63) is 18.2 Å². The van der Waals surface area contributed by atoms with Crippen LogP contribution in [0.5, 0.6) is 0 Å². The molecule has 0 atom stereocenters. The highest BCUT2D eigenvalue weighted by Gasteiger charge is 2.00. The Morgan fingerprint density at radius 1 is 0.767 bits per heavy atom. The standard InChI is InChI=1S/C25H48N4O/c1-3-4-5-6-7-8-9-10-11-12-13-14-15-16-17-18-19-27-25(30)28-21-23-29-22-20-26-24(29)2/h20,22H,3-19,21,23H2,1-2H3,(H2,27,28,30). The molecule has 0 aliphatic carbocycles. The number of carbonyl (C=O) groups excluding carboxylic acids is 1. The fourth-order valence-corrected chi connectivity index (χ4v) is 3.87. The number of aryl methyl sites for hydroxylation is 1. The van der Waals surface area contributed by atoms with Gasteiger partial charge in [0, 0.05) is 32.0 Å². The summed E-state index contributed by atoms with van der Waals surface area (Å²) in [6.45, 7) is 6.41. The number of hydrogen-bond donors (Lipinski definition) is 2. The summed E-state index contributed by atoms with van der Waals surface area (Å²) in [4.78, 5) is 15.9. The van der Waals surface area contributed by atoms with E-state index in [4.69, 9.17) is 0 Å². The molecule has 0 saturated heterocycles. The molecule has 0 unspecified atom stereocenters. The molecule has 1 aromatic rings. The summed E-state index contributed by atoms with van der Waals surface area (Å²) in [7, 11) is 0. The molecule has 2 N–H and O–H groups in total. The molecule has 1 heterocycles. The van der Waals surface area contributed by atoms with Crippen molar-refractivity contribution >= 4 is 6.03 Å². The molecule has 2 amide bonds. The highest BCUT2D eigenvalue weighted by Crippen LogP contribution is 2.13. The normalized spacial score (nSPS) is 11.0. The Kier molecular flexibility index (Phi) is 17.2. The predicted molar refractivity (Wildman–Crippen MR) is 128 cm³/mol. The number of unbranched alkanes of at least 4 members (excludes halogenated alkanes) is 15. The van der Waals surface area contributed by atoms with Gasteiger partial charge in [-0.15, -0.1) is 0 Å². The topological polar surface area (TPSA) is 59.0 Å². The molecule has 0 fully saturated rings. The van der Waals surface area contributed by atoms with Crippen molar-refractivity contribution in [2.24, 2.45) is 0 Å². The van der Waals surface area contributed by atoms with Crippen molar-refractivity contribution in [3.63, 3.8) is 0 Å². The van der Waals surface area contributed by atoms with E-state index in [0.29, 0.717) is 6.54 Å². The van der Waals surface area contributed by atoms with Gasteiger partial charge in [-0.2, -0.15) is 0 Å². The molecule has 1 aromatic heterocycles. The molecule has 0 aromatic carbocycles. The van der Waals surface area contributed by atoms with Crippen molar-refractivity contribution in [1.82, 2.24) is 20.2 Å². The van der Waals surface area contributed by atoms with E-state index in [2.05, 4.69) is 22.5 Å². The highest BCUT2D eigenvalue weighted by molar-refractivity contribution is 5.73. The number of amides is 2. The monoisotopic (exact) mass is 420 g/mol. The second kappa shape index (κ2) is 19.4. The summed E-state index contributed by atoms with van der Waals surface area (Å²) in [5, 5.41) is 5.86. The molecule has 0 aliphatic heterocycles. The number of rotatable bonds is 20. The van der Waals surface area contributed by atoms with E-state index in [1.165, 1.54) is 96.3 Å². The fraction of sp³-hybridized carbons (Fsp3) is 0.840. The number of hydrogen-bond acceptors (Lipinski definition) is 2. The fourth-order valence-electron chi connectivity index (χ4n) is 3.87. The van der Waals surface area contributed by atoms with Crippen LogP contribution in [0.25, 0.3) is 0 Å². The zero-order valence-electron chi connectivity index (χ0n) is 19.9. The Bertz CT molecular complexity index is 515. The number of carbonyl (C=O) groups is 1. The van der Waals surface area contributed by atoms with E-state index >= 15 is 0 Å². The molecule has 0 bridgehead atoms. The molecular weight excluding hydrogens is 372 g/mol. The van der Waals surface area contributed by atoms with Crippen LogP contribution < -0.4 is 10.6 Å². The van der Waals surface area contributed by atoms with Gasteiger partial charge in [-0.1, -0.05) is 103 Å². The minimum atomic E-state index is -0.0614. The second-order valence-electron chi connectivity index (χ2n) is 8.65. The summed E-state index contributed by atoms with van der Waals surface area (Å²) >= 11 is 0.